The van der Waals surface area contributed by atoms with Gasteiger partial charge < -0.3 is 14.8 Å². The lowest BCUT2D eigenvalue weighted by molar-refractivity contribution is 0.179. The molecule has 1 atom stereocenters. The van der Waals surface area contributed by atoms with Crippen LogP contribution in [-0.4, -0.2) is 20.8 Å². The summed E-state index contributed by atoms with van der Waals surface area (Å²) in [5.74, 6) is 0.928. The lowest BCUT2D eigenvalue weighted by Crippen LogP contribution is -2.27. The molecule has 94 valence electrons. The Hall–Kier alpha value is -1.06. The quantitative estimate of drug-likeness (QED) is 0.870. The van der Waals surface area contributed by atoms with E-state index >= 15 is 0 Å². The van der Waals surface area contributed by atoms with Crippen LogP contribution in [0.1, 0.15) is 36.4 Å². The summed E-state index contributed by atoms with van der Waals surface area (Å²) in [4.78, 5) is 0. The van der Waals surface area contributed by atoms with Gasteiger partial charge >= 0.3 is 0 Å². The van der Waals surface area contributed by atoms with Crippen molar-refractivity contribution in [3.05, 3.63) is 29.3 Å². The zero-order valence-corrected chi connectivity index (χ0v) is 10.7. The molecule has 1 fully saturated rings. The van der Waals surface area contributed by atoms with Gasteiger partial charge in [-0.25, -0.2) is 0 Å². The highest BCUT2D eigenvalue weighted by Gasteiger charge is 2.19. The van der Waals surface area contributed by atoms with Crippen LogP contribution in [0.4, 0.5) is 0 Å². The van der Waals surface area contributed by atoms with E-state index in [1.54, 1.807) is 14.2 Å². The summed E-state index contributed by atoms with van der Waals surface area (Å²) in [5.41, 5.74) is 2.50. The predicted octanol–water partition coefficient (Wildman–Crippen LogP) is 2.66. The van der Waals surface area contributed by atoms with Crippen molar-refractivity contribution in [3.8, 4) is 5.75 Å². The molecule has 0 aromatic heterocycles. The third-order valence-corrected chi connectivity index (χ3v) is 3.36. The molecule has 2 rings (SSSR count). The van der Waals surface area contributed by atoms with E-state index < -0.39 is 0 Å². The number of hydrogen-bond donors (Lipinski definition) is 1. The van der Waals surface area contributed by atoms with Crippen LogP contribution >= 0.6 is 0 Å². The van der Waals surface area contributed by atoms with Crippen LogP contribution < -0.4 is 10.1 Å². The number of benzene rings is 1. The maximum atomic E-state index is 5.42. The molecule has 0 saturated carbocycles. The SMILES string of the molecule is COCc1c(OC)cccc1C1CCCCN1. The van der Waals surface area contributed by atoms with Gasteiger partial charge in [0.15, 0.2) is 0 Å². The number of rotatable bonds is 4. The summed E-state index contributed by atoms with van der Waals surface area (Å²) in [6.45, 7) is 1.71. The van der Waals surface area contributed by atoms with Crippen molar-refractivity contribution >= 4 is 0 Å². The van der Waals surface area contributed by atoms with E-state index in [4.69, 9.17) is 9.47 Å². The summed E-state index contributed by atoms with van der Waals surface area (Å²) in [6, 6.07) is 6.69. The van der Waals surface area contributed by atoms with Crippen molar-refractivity contribution in [3.63, 3.8) is 0 Å². The smallest absolute Gasteiger partial charge is 0.124 e. The van der Waals surface area contributed by atoms with Crippen molar-refractivity contribution in [1.82, 2.24) is 5.32 Å². The van der Waals surface area contributed by atoms with Crippen LogP contribution in [0.2, 0.25) is 0 Å². The van der Waals surface area contributed by atoms with Gasteiger partial charge in [-0.05, 0) is 31.0 Å². The second kappa shape index (κ2) is 6.03. The Balaban J connectivity index is 2.30. The minimum Gasteiger partial charge on any atom is -0.496 e. The van der Waals surface area contributed by atoms with Crippen LogP contribution in [0.25, 0.3) is 0 Å². The first-order valence-electron chi connectivity index (χ1n) is 6.25. The van der Waals surface area contributed by atoms with Crippen molar-refractivity contribution in [2.45, 2.75) is 31.9 Å². The number of ether oxygens (including phenoxy) is 2. The molecule has 0 radical (unpaired) electrons. The Bertz CT molecular complexity index is 359. The molecule has 0 aliphatic carbocycles. The van der Waals surface area contributed by atoms with E-state index in [2.05, 4.69) is 17.4 Å². The van der Waals surface area contributed by atoms with Gasteiger partial charge in [0.05, 0.1) is 13.7 Å². The summed E-state index contributed by atoms with van der Waals surface area (Å²) >= 11 is 0. The van der Waals surface area contributed by atoms with Gasteiger partial charge in [-0.2, -0.15) is 0 Å². The third kappa shape index (κ3) is 2.79. The van der Waals surface area contributed by atoms with Gasteiger partial charge in [0, 0.05) is 18.7 Å². The summed E-state index contributed by atoms with van der Waals surface area (Å²) < 4.78 is 10.7. The first kappa shape index (κ1) is 12.4. The van der Waals surface area contributed by atoms with Crippen LogP contribution in [-0.2, 0) is 11.3 Å². The van der Waals surface area contributed by atoms with Crippen molar-refractivity contribution < 1.29 is 9.47 Å². The standard InChI is InChI=1S/C14H21NO2/c1-16-10-12-11(6-5-8-14(12)17-2)13-7-3-4-9-15-13/h5-6,8,13,15H,3-4,7,9-10H2,1-2H3. The highest BCUT2D eigenvalue weighted by molar-refractivity contribution is 5.41. The van der Waals surface area contributed by atoms with Gasteiger partial charge in [-0.15, -0.1) is 0 Å². The number of methoxy groups -OCH3 is 2. The lowest BCUT2D eigenvalue weighted by Gasteiger charge is -2.26. The highest BCUT2D eigenvalue weighted by Crippen LogP contribution is 2.31. The molecule has 1 unspecified atom stereocenters. The topological polar surface area (TPSA) is 30.5 Å². The Morgan fingerprint density at radius 2 is 2.18 bits per heavy atom. The molecule has 0 spiro atoms. The van der Waals surface area contributed by atoms with Gasteiger partial charge in [0.2, 0.25) is 0 Å². The fraction of sp³-hybridized carbons (Fsp3) is 0.571. The zero-order valence-electron chi connectivity index (χ0n) is 10.7. The monoisotopic (exact) mass is 235 g/mol. The van der Waals surface area contributed by atoms with Gasteiger partial charge in [-0.3, -0.25) is 0 Å². The third-order valence-electron chi connectivity index (χ3n) is 3.36. The molecule has 1 heterocycles. The highest BCUT2D eigenvalue weighted by atomic mass is 16.5. The van der Waals surface area contributed by atoms with Gasteiger partial charge in [-0.1, -0.05) is 18.6 Å². The molecule has 0 amide bonds. The molecular formula is C14H21NO2. The normalized spacial score (nSPS) is 20.2. The molecule has 0 bridgehead atoms. The van der Waals surface area contributed by atoms with Gasteiger partial charge in [0.1, 0.15) is 5.75 Å². The molecule has 1 aromatic carbocycles. The first-order valence-corrected chi connectivity index (χ1v) is 6.25. The molecule has 1 saturated heterocycles. The maximum Gasteiger partial charge on any atom is 0.124 e. The molecule has 3 nitrogen and oxygen atoms in total. The fourth-order valence-corrected chi connectivity index (χ4v) is 2.52. The van der Waals surface area contributed by atoms with Crippen LogP contribution in [0, 0.1) is 0 Å². The number of piperidine rings is 1. The van der Waals surface area contributed by atoms with E-state index in [1.165, 1.54) is 30.4 Å². The fourth-order valence-electron chi connectivity index (χ4n) is 2.52. The Labute approximate surface area is 103 Å². The predicted molar refractivity (Wildman–Crippen MR) is 68.3 cm³/mol. The molecule has 1 N–H and O–H groups in total. The van der Waals surface area contributed by atoms with Gasteiger partial charge in [0.25, 0.3) is 0 Å². The van der Waals surface area contributed by atoms with Crippen LogP contribution in [0.3, 0.4) is 0 Å². The number of hydrogen-bond acceptors (Lipinski definition) is 3. The molecule has 1 aromatic rings. The molecule has 17 heavy (non-hydrogen) atoms. The van der Waals surface area contributed by atoms with E-state index in [9.17, 15) is 0 Å². The average Bonchev–Trinajstić information content (AvgIpc) is 2.40. The molecule has 1 aliphatic rings. The Morgan fingerprint density at radius 3 is 2.82 bits per heavy atom. The van der Waals surface area contributed by atoms with Crippen molar-refractivity contribution in [2.75, 3.05) is 20.8 Å². The Morgan fingerprint density at radius 1 is 1.29 bits per heavy atom. The van der Waals surface area contributed by atoms with Crippen molar-refractivity contribution in [2.24, 2.45) is 0 Å². The number of nitrogens with one attached hydrogen (secondary N) is 1. The second-order valence-corrected chi connectivity index (χ2v) is 4.46. The maximum absolute atomic E-state index is 5.42. The molecule has 3 heteroatoms. The minimum atomic E-state index is 0.448. The summed E-state index contributed by atoms with van der Waals surface area (Å²) in [5, 5.41) is 3.57. The average molecular weight is 235 g/mol. The first-order chi connectivity index (χ1) is 8.36. The lowest BCUT2D eigenvalue weighted by atomic mass is 9.93. The van der Waals surface area contributed by atoms with Crippen molar-refractivity contribution in [1.29, 1.82) is 0 Å². The summed E-state index contributed by atoms with van der Waals surface area (Å²) in [7, 11) is 3.44. The largest absolute Gasteiger partial charge is 0.496 e. The zero-order chi connectivity index (χ0) is 12.1. The van der Waals surface area contributed by atoms with E-state index in [1.807, 2.05) is 6.07 Å². The van der Waals surface area contributed by atoms with E-state index in [-0.39, 0.29) is 0 Å². The second-order valence-electron chi connectivity index (χ2n) is 4.46. The summed E-state index contributed by atoms with van der Waals surface area (Å²) in [6.07, 6.45) is 3.77. The molecular weight excluding hydrogens is 214 g/mol. The molecule has 1 aliphatic heterocycles. The van der Waals surface area contributed by atoms with E-state index in [0.717, 1.165) is 12.3 Å². The van der Waals surface area contributed by atoms with E-state index in [0.29, 0.717) is 12.6 Å². The minimum absolute atomic E-state index is 0.448. The van der Waals surface area contributed by atoms with Crippen LogP contribution in [0.5, 0.6) is 5.75 Å². The Kier molecular flexibility index (Phi) is 4.40. The van der Waals surface area contributed by atoms with Crippen LogP contribution in [0.15, 0.2) is 18.2 Å².